The zero-order valence-corrected chi connectivity index (χ0v) is 14.9. The highest BCUT2D eigenvalue weighted by molar-refractivity contribution is 5.86. The Morgan fingerprint density at radius 2 is 1.91 bits per heavy atom. The summed E-state index contributed by atoms with van der Waals surface area (Å²) in [5, 5.41) is 9.08. The van der Waals surface area contributed by atoms with E-state index in [0.717, 1.165) is 6.54 Å². The summed E-state index contributed by atoms with van der Waals surface area (Å²) in [5.41, 5.74) is 0.216. The van der Waals surface area contributed by atoms with E-state index in [1.54, 1.807) is 14.2 Å². The third-order valence-corrected chi connectivity index (χ3v) is 3.46. The number of unbranched alkanes of at least 4 members (excludes halogenated alkanes) is 2. The highest BCUT2D eigenvalue weighted by Gasteiger charge is 2.17. The Balaban J connectivity index is 3.99. The third kappa shape index (κ3) is 11.4. The molecule has 0 aliphatic heterocycles. The van der Waals surface area contributed by atoms with Crippen molar-refractivity contribution in [2.24, 2.45) is 10.4 Å². The van der Waals surface area contributed by atoms with E-state index in [1.165, 1.54) is 25.7 Å². The Morgan fingerprint density at radius 1 is 1.18 bits per heavy atom. The fourth-order valence-corrected chi connectivity index (χ4v) is 2.00. The van der Waals surface area contributed by atoms with Crippen molar-refractivity contribution in [3.63, 3.8) is 0 Å². The molecule has 1 amide bonds. The van der Waals surface area contributed by atoms with E-state index in [2.05, 4.69) is 41.7 Å². The molecule has 0 aliphatic carbocycles. The molecule has 0 saturated carbocycles. The first-order valence-electron chi connectivity index (χ1n) is 8.15. The second kappa shape index (κ2) is 12.3. The Bertz CT molecular complexity index is 330. The maximum absolute atomic E-state index is 11.6. The molecule has 0 heterocycles. The van der Waals surface area contributed by atoms with Crippen molar-refractivity contribution in [1.29, 1.82) is 0 Å². The molecule has 0 aliphatic rings. The molecule has 0 unspecified atom stereocenters. The summed E-state index contributed by atoms with van der Waals surface area (Å²) < 4.78 is 4.88. The van der Waals surface area contributed by atoms with Crippen LogP contribution in [0, 0.1) is 5.41 Å². The van der Waals surface area contributed by atoms with Gasteiger partial charge in [0, 0.05) is 27.2 Å². The Kier molecular flexibility index (Phi) is 11.5. The molecule has 0 aromatic carbocycles. The summed E-state index contributed by atoms with van der Waals surface area (Å²) in [6, 6.07) is 0. The average molecular weight is 314 g/mol. The molecule has 22 heavy (non-hydrogen) atoms. The topological polar surface area (TPSA) is 74.8 Å². The first-order chi connectivity index (χ1) is 10.4. The lowest BCUT2D eigenvalue weighted by Gasteiger charge is -2.26. The van der Waals surface area contributed by atoms with Gasteiger partial charge >= 0.3 is 0 Å². The van der Waals surface area contributed by atoms with Crippen LogP contribution in [0.5, 0.6) is 0 Å². The second-order valence-electron chi connectivity index (χ2n) is 6.24. The maximum Gasteiger partial charge on any atom is 0.239 e. The van der Waals surface area contributed by atoms with Crippen molar-refractivity contribution in [1.82, 2.24) is 16.0 Å². The van der Waals surface area contributed by atoms with E-state index in [-0.39, 0.29) is 17.9 Å². The Labute approximate surface area is 135 Å². The Hall–Kier alpha value is -1.30. The molecule has 6 nitrogen and oxygen atoms in total. The highest BCUT2D eigenvalue weighted by atomic mass is 16.5. The number of nitrogens with one attached hydrogen (secondary N) is 3. The van der Waals surface area contributed by atoms with Crippen LogP contribution in [0.3, 0.4) is 0 Å². The minimum atomic E-state index is -0.0674. The lowest BCUT2D eigenvalue weighted by atomic mass is 9.87. The number of hydrogen-bond donors (Lipinski definition) is 3. The number of aliphatic imine (C=N–C) groups is 1. The zero-order valence-electron chi connectivity index (χ0n) is 14.9. The number of carbonyl (C=O) groups excluding carboxylic acids is 1. The third-order valence-electron chi connectivity index (χ3n) is 3.46. The van der Waals surface area contributed by atoms with Gasteiger partial charge in [0.15, 0.2) is 5.96 Å². The number of hydrogen-bond acceptors (Lipinski definition) is 3. The van der Waals surface area contributed by atoms with Gasteiger partial charge in [0.25, 0.3) is 0 Å². The van der Waals surface area contributed by atoms with Crippen molar-refractivity contribution in [2.45, 2.75) is 46.5 Å². The molecule has 0 rings (SSSR count). The van der Waals surface area contributed by atoms with Crippen LogP contribution in [-0.4, -0.2) is 52.3 Å². The average Bonchev–Trinajstić information content (AvgIpc) is 2.48. The highest BCUT2D eigenvalue weighted by Crippen LogP contribution is 2.22. The molecular formula is C16H34N4O2. The van der Waals surface area contributed by atoms with E-state index in [0.29, 0.717) is 19.1 Å². The number of carbonyl (C=O) groups is 1. The first kappa shape index (κ1) is 20.7. The molecule has 0 saturated heterocycles. The van der Waals surface area contributed by atoms with E-state index in [4.69, 9.17) is 4.74 Å². The van der Waals surface area contributed by atoms with Gasteiger partial charge in [-0.2, -0.15) is 0 Å². The van der Waals surface area contributed by atoms with Crippen LogP contribution in [0.25, 0.3) is 0 Å². The van der Waals surface area contributed by atoms with Gasteiger partial charge in [0.1, 0.15) is 0 Å². The number of rotatable bonds is 11. The van der Waals surface area contributed by atoms with E-state index < -0.39 is 0 Å². The fourth-order valence-electron chi connectivity index (χ4n) is 2.00. The van der Waals surface area contributed by atoms with Crippen LogP contribution < -0.4 is 16.0 Å². The van der Waals surface area contributed by atoms with Gasteiger partial charge in [-0.15, -0.1) is 0 Å². The predicted octanol–water partition coefficient (Wildman–Crippen LogP) is 1.52. The lowest BCUT2D eigenvalue weighted by Crippen LogP contribution is -2.46. The number of amides is 1. The van der Waals surface area contributed by atoms with Crippen LogP contribution in [0.15, 0.2) is 4.99 Å². The fraction of sp³-hybridized carbons (Fsp3) is 0.875. The van der Waals surface area contributed by atoms with Crippen molar-refractivity contribution < 1.29 is 9.53 Å². The summed E-state index contributed by atoms with van der Waals surface area (Å²) >= 11 is 0. The van der Waals surface area contributed by atoms with Gasteiger partial charge in [0.2, 0.25) is 5.91 Å². The predicted molar refractivity (Wildman–Crippen MR) is 92.2 cm³/mol. The van der Waals surface area contributed by atoms with E-state index in [9.17, 15) is 4.79 Å². The second-order valence-corrected chi connectivity index (χ2v) is 6.24. The van der Waals surface area contributed by atoms with E-state index >= 15 is 0 Å². The molecule has 0 fully saturated rings. The van der Waals surface area contributed by atoms with Gasteiger partial charge in [0.05, 0.1) is 13.2 Å². The van der Waals surface area contributed by atoms with Crippen molar-refractivity contribution in [3.8, 4) is 0 Å². The summed E-state index contributed by atoms with van der Waals surface area (Å²) in [6.45, 7) is 8.80. The van der Waals surface area contributed by atoms with E-state index in [1.807, 2.05) is 0 Å². The SMILES string of the molecule is CCCCCC(C)(C)CNC(=NC)NCC(=O)NCCOC. The molecule has 130 valence electrons. The van der Waals surface area contributed by atoms with Crippen LogP contribution >= 0.6 is 0 Å². The first-order valence-corrected chi connectivity index (χ1v) is 8.15. The quantitative estimate of drug-likeness (QED) is 0.307. The minimum absolute atomic E-state index is 0.0674. The molecule has 0 spiro atoms. The lowest BCUT2D eigenvalue weighted by molar-refractivity contribution is -0.120. The zero-order chi connectivity index (χ0) is 16.8. The molecule has 0 bridgehead atoms. The minimum Gasteiger partial charge on any atom is -0.383 e. The van der Waals surface area contributed by atoms with Crippen LogP contribution in [0.2, 0.25) is 0 Å². The number of nitrogens with zero attached hydrogens (tertiary/aromatic N) is 1. The number of ether oxygens (including phenoxy) is 1. The summed E-state index contributed by atoms with van der Waals surface area (Å²) in [5.74, 6) is 0.590. The van der Waals surface area contributed by atoms with Gasteiger partial charge in [-0.25, -0.2) is 0 Å². The van der Waals surface area contributed by atoms with Crippen LogP contribution in [0.4, 0.5) is 0 Å². The summed E-state index contributed by atoms with van der Waals surface area (Å²) in [7, 11) is 3.32. The molecule has 0 radical (unpaired) electrons. The van der Waals surface area contributed by atoms with Crippen LogP contribution in [0.1, 0.15) is 46.5 Å². The van der Waals surface area contributed by atoms with Crippen molar-refractivity contribution >= 4 is 11.9 Å². The smallest absolute Gasteiger partial charge is 0.239 e. The molecule has 0 aromatic rings. The maximum atomic E-state index is 11.6. The van der Waals surface area contributed by atoms with Crippen LogP contribution in [-0.2, 0) is 9.53 Å². The summed E-state index contributed by atoms with van der Waals surface area (Å²) in [6.07, 6.45) is 4.95. The van der Waals surface area contributed by atoms with Gasteiger partial charge < -0.3 is 20.7 Å². The van der Waals surface area contributed by atoms with Gasteiger partial charge in [-0.3, -0.25) is 9.79 Å². The number of guanidine groups is 1. The molecular weight excluding hydrogens is 280 g/mol. The molecule has 0 atom stereocenters. The normalized spacial score (nSPS) is 12.1. The summed E-state index contributed by atoms with van der Waals surface area (Å²) in [4.78, 5) is 15.7. The van der Waals surface area contributed by atoms with Crippen molar-refractivity contribution in [2.75, 3.05) is 40.4 Å². The standard InChI is InChI=1S/C16H34N4O2/c1-6-7-8-9-16(2,3)13-20-15(17-4)19-12-14(21)18-10-11-22-5/h6-13H2,1-5H3,(H,18,21)(H2,17,19,20). The number of methoxy groups -OCH3 is 1. The molecule has 0 aromatic heterocycles. The molecule has 3 N–H and O–H groups in total. The monoisotopic (exact) mass is 314 g/mol. The Morgan fingerprint density at radius 3 is 2.50 bits per heavy atom. The van der Waals surface area contributed by atoms with Gasteiger partial charge in [-0.05, 0) is 11.8 Å². The van der Waals surface area contributed by atoms with Gasteiger partial charge in [-0.1, -0.05) is 40.0 Å². The van der Waals surface area contributed by atoms with Crippen molar-refractivity contribution in [3.05, 3.63) is 0 Å². The molecule has 6 heteroatoms. The largest absolute Gasteiger partial charge is 0.383 e.